The van der Waals surface area contributed by atoms with E-state index in [9.17, 15) is 9.59 Å². The van der Waals surface area contributed by atoms with E-state index < -0.39 is 0 Å². The summed E-state index contributed by atoms with van der Waals surface area (Å²) < 4.78 is 1.81. The molecule has 0 aliphatic carbocycles. The van der Waals surface area contributed by atoms with Crippen LogP contribution in [-0.2, 0) is 18.4 Å². The van der Waals surface area contributed by atoms with Crippen LogP contribution in [0.3, 0.4) is 0 Å². The third-order valence-electron chi connectivity index (χ3n) is 5.39. The Morgan fingerprint density at radius 2 is 1.84 bits per heavy atom. The van der Waals surface area contributed by atoms with Crippen LogP contribution in [0.2, 0.25) is 0 Å². The molecule has 2 amide bonds. The molecule has 2 N–H and O–H groups in total. The lowest BCUT2D eigenvalue weighted by atomic mass is 10.1. The highest BCUT2D eigenvalue weighted by molar-refractivity contribution is 8.00. The number of nitrogens with one attached hydrogen (secondary N) is 2. The van der Waals surface area contributed by atoms with E-state index in [1.807, 2.05) is 75.7 Å². The van der Waals surface area contributed by atoms with E-state index in [4.69, 9.17) is 0 Å². The van der Waals surface area contributed by atoms with Crippen LogP contribution in [0.5, 0.6) is 0 Å². The summed E-state index contributed by atoms with van der Waals surface area (Å²) in [6.45, 7) is 8.19. The SMILES string of the molecule is CC[C@@H](Sc1nnc(CNC(=O)c2cccc(C)c2)n1C)C(=O)Nc1cccc(C)c1C. The molecule has 0 spiro atoms. The van der Waals surface area contributed by atoms with Crippen LogP contribution in [0.25, 0.3) is 0 Å². The number of hydrogen-bond donors (Lipinski definition) is 2. The zero-order chi connectivity index (χ0) is 23.3. The average molecular weight is 452 g/mol. The van der Waals surface area contributed by atoms with Crippen molar-refractivity contribution >= 4 is 29.3 Å². The van der Waals surface area contributed by atoms with Crippen LogP contribution >= 0.6 is 11.8 Å². The van der Waals surface area contributed by atoms with Gasteiger partial charge in [-0.3, -0.25) is 9.59 Å². The summed E-state index contributed by atoms with van der Waals surface area (Å²) in [5.41, 5.74) is 4.65. The largest absolute Gasteiger partial charge is 0.345 e. The van der Waals surface area contributed by atoms with E-state index in [0.717, 1.165) is 22.4 Å². The lowest BCUT2D eigenvalue weighted by Gasteiger charge is -2.16. The maximum absolute atomic E-state index is 12.9. The zero-order valence-corrected chi connectivity index (χ0v) is 19.9. The van der Waals surface area contributed by atoms with Crippen molar-refractivity contribution in [3.8, 4) is 0 Å². The minimum Gasteiger partial charge on any atom is -0.345 e. The third-order valence-corrected chi connectivity index (χ3v) is 6.78. The number of benzene rings is 2. The molecule has 0 fully saturated rings. The van der Waals surface area contributed by atoms with Gasteiger partial charge in [-0.25, -0.2) is 0 Å². The van der Waals surface area contributed by atoms with Crippen LogP contribution in [0.15, 0.2) is 47.6 Å². The van der Waals surface area contributed by atoms with Gasteiger partial charge in [-0.15, -0.1) is 10.2 Å². The summed E-state index contributed by atoms with van der Waals surface area (Å²) in [7, 11) is 1.84. The molecular weight excluding hydrogens is 422 g/mol. The molecule has 0 aliphatic heterocycles. The number of carbonyl (C=O) groups excluding carboxylic acids is 2. The van der Waals surface area contributed by atoms with Crippen molar-refractivity contribution in [2.45, 2.75) is 51.1 Å². The van der Waals surface area contributed by atoms with Gasteiger partial charge in [0.2, 0.25) is 5.91 Å². The van der Waals surface area contributed by atoms with Crippen LogP contribution in [0.4, 0.5) is 5.69 Å². The summed E-state index contributed by atoms with van der Waals surface area (Å²) >= 11 is 1.37. The Bertz CT molecular complexity index is 1130. The van der Waals surface area contributed by atoms with Gasteiger partial charge >= 0.3 is 0 Å². The molecule has 2 aromatic carbocycles. The van der Waals surface area contributed by atoms with Gasteiger partial charge in [0.25, 0.3) is 5.91 Å². The van der Waals surface area contributed by atoms with Crippen molar-refractivity contribution in [1.29, 1.82) is 0 Å². The minimum atomic E-state index is -0.312. The molecule has 0 saturated carbocycles. The number of hydrogen-bond acceptors (Lipinski definition) is 5. The molecule has 3 aromatic rings. The number of nitrogens with zero attached hydrogens (tertiary/aromatic N) is 3. The van der Waals surface area contributed by atoms with Crippen molar-refractivity contribution in [3.05, 3.63) is 70.5 Å². The fourth-order valence-electron chi connectivity index (χ4n) is 3.20. The molecule has 8 heteroatoms. The Kier molecular flexibility index (Phi) is 7.69. The Hall–Kier alpha value is -3.13. The van der Waals surface area contributed by atoms with Crippen molar-refractivity contribution in [2.75, 3.05) is 5.32 Å². The van der Waals surface area contributed by atoms with E-state index in [2.05, 4.69) is 20.8 Å². The number of carbonyl (C=O) groups is 2. The summed E-state index contributed by atoms with van der Waals surface area (Å²) in [6, 6.07) is 13.3. The molecule has 0 saturated heterocycles. The van der Waals surface area contributed by atoms with Gasteiger partial charge in [0.15, 0.2) is 11.0 Å². The van der Waals surface area contributed by atoms with Crippen molar-refractivity contribution in [3.63, 3.8) is 0 Å². The molecule has 3 rings (SSSR count). The highest BCUT2D eigenvalue weighted by Crippen LogP contribution is 2.26. The Morgan fingerprint density at radius 3 is 2.56 bits per heavy atom. The van der Waals surface area contributed by atoms with Crippen LogP contribution in [0.1, 0.15) is 46.2 Å². The van der Waals surface area contributed by atoms with E-state index in [1.54, 1.807) is 6.07 Å². The lowest BCUT2D eigenvalue weighted by molar-refractivity contribution is -0.115. The van der Waals surface area contributed by atoms with Gasteiger partial charge in [-0.2, -0.15) is 0 Å². The number of aromatic nitrogens is 3. The van der Waals surface area contributed by atoms with Crippen molar-refractivity contribution in [1.82, 2.24) is 20.1 Å². The number of aryl methyl sites for hydroxylation is 2. The fraction of sp³-hybridized carbons (Fsp3) is 0.333. The summed E-state index contributed by atoms with van der Waals surface area (Å²) in [5, 5.41) is 14.7. The summed E-state index contributed by atoms with van der Waals surface area (Å²) in [5.74, 6) is 0.395. The second-order valence-electron chi connectivity index (χ2n) is 7.76. The number of anilines is 1. The smallest absolute Gasteiger partial charge is 0.251 e. The topological polar surface area (TPSA) is 88.9 Å². The molecule has 0 radical (unpaired) electrons. The zero-order valence-electron chi connectivity index (χ0n) is 19.1. The first kappa shape index (κ1) is 23.5. The summed E-state index contributed by atoms with van der Waals surface area (Å²) in [4.78, 5) is 25.3. The first-order chi connectivity index (χ1) is 15.3. The Balaban J connectivity index is 1.63. The predicted octanol–water partition coefficient (Wildman–Crippen LogP) is 4.18. The number of rotatable bonds is 8. The number of amides is 2. The van der Waals surface area contributed by atoms with Gasteiger partial charge in [0.1, 0.15) is 0 Å². The normalized spacial score (nSPS) is 11.8. The van der Waals surface area contributed by atoms with Crippen molar-refractivity contribution < 1.29 is 9.59 Å². The fourth-order valence-corrected chi connectivity index (χ4v) is 4.14. The van der Waals surface area contributed by atoms with E-state index in [0.29, 0.717) is 23.0 Å². The summed E-state index contributed by atoms with van der Waals surface area (Å²) in [6.07, 6.45) is 0.646. The molecule has 32 heavy (non-hydrogen) atoms. The minimum absolute atomic E-state index is 0.0662. The molecule has 1 atom stereocenters. The van der Waals surface area contributed by atoms with Crippen LogP contribution in [0, 0.1) is 20.8 Å². The van der Waals surface area contributed by atoms with Gasteiger partial charge in [0, 0.05) is 18.3 Å². The second-order valence-corrected chi connectivity index (χ2v) is 8.93. The second kappa shape index (κ2) is 10.5. The maximum Gasteiger partial charge on any atom is 0.251 e. The quantitative estimate of drug-likeness (QED) is 0.502. The van der Waals surface area contributed by atoms with Crippen LogP contribution in [-0.4, -0.2) is 31.8 Å². The lowest BCUT2D eigenvalue weighted by Crippen LogP contribution is -2.26. The van der Waals surface area contributed by atoms with E-state index in [-0.39, 0.29) is 23.6 Å². The monoisotopic (exact) mass is 451 g/mol. The van der Waals surface area contributed by atoms with E-state index >= 15 is 0 Å². The maximum atomic E-state index is 12.9. The molecule has 1 aromatic heterocycles. The predicted molar refractivity (Wildman–Crippen MR) is 128 cm³/mol. The van der Waals surface area contributed by atoms with Gasteiger partial charge in [-0.1, -0.05) is 48.5 Å². The molecule has 0 unspecified atom stereocenters. The molecule has 1 heterocycles. The molecule has 0 bridgehead atoms. The number of thioether (sulfide) groups is 1. The van der Waals surface area contributed by atoms with Gasteiger partial charge in [-0.05, 0) is 56.5 Å². The Morgan fingerprint density at radius 1 is 1.09 bits per heavy atom. The average Bonchev–Trinajstić information content (AvgIpc) is 3.12. The molecule has 0 aliphatic rings. The van der Waals surface area contributed by atoms with Crippen LogP contribution < -0.4 is 10.6 Å². The third kappa shape index (κ3) is 5.56. The molecule has 168 valence electrons. The van der Waals surface area contributed by atoms with Crippen molar-refractivity contribution in [2.24, 2.45) is 7.05 Å². The van der Waals surface area contributed by atoms with E-state index in [1.165, 1.54) is 11.8 Å². The Labute approximate surface area is 193 Å². The standard InChI is InChI=1S/C24H29N5O2S/c1-6-20(23(31)26-19-12-8-10-16(3)17(19)4)32-24-28-27-21(29(24)5)14-25-22(30)18-11-7-9-15(2)13-18/h7-13,20H,6,14H2,1-5H3,(H,25,30)(H,26,31)/t20-/m1/s1. The first-order valence-electron chi connectivity index (χ1n) is 10.6. The van der Waals surface area contributed by atoms with Gasteiger partial charge < -0.3 is 15.2 Å². The highest BCUT2D eigenvalue weighted by Gasteiger charge is 2.22. The molecule has 7 nitrogen and oxygen atoms in total. The molecular formula is C24H29N5O2S. The highest BCUT2D eigenvalue weighted by atomic mass is 32.2. The first-order valence-corrected chi connectivity index (χ1v) is 11.4. The van der Waals surface area contributed by atoms with Gasteiger partial charge in [0.05, 0.1) is 11.8 Å².